The number of halogens is 1. The minimum atomic E-state index is -0.436. The van der Waals surface area contributed by atoms with Crippen LogP contribution in [-0.4, -0.2) is 21.8 Å². The largest absolute Gasteiger partial charge is 0.507 e. The lowest BCUT2D eigenvalue weighted by atomic mass is 10.2. The van der Waals surface area contributed by atoms with Gasteiger partial charge in [0.1, 0.15) is 12.3 Å². The van der Waals surface area contributed by atoms with Gasteiger partial charge in [0.2, 0.25) is 0 Å². The highest BCUT2D eigenvalue weighted by molar-refractivity contribution is 9.10. The third-order valence-electron chi connectivity index (χ3n) is 2.60. The fourth-order valence-electron chi connectivity index (χ4n) is 1.58. The van der Waals surface area contributed by atoms with E-state index in [1.165, 1.54) is 29.1 Å². The van der Waals surface area contributed by atoms with Gasteiger partial charge in [0.15, 0.2) is 0 Å². The zero-order chi connectivity index (χ0) is 15.2. The maximum Gasteiger partial charge on any atom is 0.260 e. The molecule has 2 aromatic rings. The van der Waals surface area contributed by atoms with Gasteiger partial charge in [0.25, 0.3) is 11.5 Å². The van der Waals surface area contributed by atoms with Crippen molar-refractivity contribution in [2.24, 2.45) is 5.10 Å². The Labute approximate surface area is 128 Å². The van der Waals surface area contributed by atoms with Crippen molar-refractivity contribution in [2.75, 3.05) is 0 Å². The lowest BCUT2D eigenvalue weighted by Crippen LogP contribution is -2.28. The van der Waals surface area contributed by atoms with Gasteiger partial charge in [-0.15, -0.1) is 0 Å². The van der Waals surface area contributed by atoms with Gasteiger partial charge in [0, 0.05) is 22.3 Å². The predicted octanol–water partition coefficient (Wildman–Crippen LogP) is 1.47. The summed E-state index contributed by atoms with van der Waals surface area (Å²) in [5, 5.41) is 13.4. The van der Waals surface area contributed by atoms with E-state index in [1.54, 1.807) is 24.3 Å². The molecule has 0 aliphatic carbocycles. The second-order valence-corrected chi connectivity index (χ2v) is 5.08. The Morgan fingerprint density at radius 2 is 2.19 bits per heavy atom. The van der Waals surface area contributed by atoms with E-state index in [0.29, 0.717) is 5.56 Å². The average molecular weight is 350 g/mol. The van der Waals surface area contributed by atoms with E-state index in [-0.39, 0.29) is 17.9 Å². The molecule has 0 saturated heterocycles. The molecular formula is C14H12BrN3O3. The third kappa shape index (κ3) is 4.28. The summed E-state index contributed by atoms with van der Waals surface area (Å²) in [4.78, 5) is 23.1. The Balaban J connectivity index is 1.98. The van der Waals surface area contributed by atoms with Crippen LogP contribution in [0.15, 0.2) is 57.0 Å². The summed E-state index contributed by atoms with van der Waals surface area (Å²) in [5.74, 6) is -0.385. The Kier molecular flexibility index (Phi) is 4.89. The van der Waals surface area contributed by atoms with Gasteiger partial charge >= 0.3 is 0 Å². The molecule has 0 atom stereocenters. The molecule has 2 rings (SSSR count). The van der Waals surface area contributed by atoms with Gasteiger partial charge in [-0.3, -0.25) is 9.59 Å². The number of hydrogen-bond acceptors (Lipinski definition) is 4. The molecule has 0 bridgehead atoms. The smallest absolute Gasteiger partial charge is 0.260 e. The Morgan fingerprint density at radius 3 is 2.95 bits per heavy atom. The van der Waals surface area contributed by atoms with Gasteiger partial charge in [-0.1, -0.05) is 22.0 Å². The molecule has 1 aromatic carbocycles. The first kappa shape index (κ1) is 15.0. The van der Waals surface area contributed by atoms with Crippen molar-refractivity contribution in [3.63, 3.8) is 0 Å². The Hall–Kier alpha value is -2.41. The second kappa shape index (κ2) is 6.85. The van der Waals surface area contributed by atoms with E-state index < -0.39 is 5.91 Å². The van der Waals surface area contributed by atoms with Gasteiger partial charge in [0.05, 0.1) is 6.21 Å². The molecule has 0 radical (unpaired) electrons. The van der Waals surface area contributed by atoms with Gasteiger partial charge < -0.3 is 9.67 Å². The van der Waals surface area contributed by atoms with Crippen LogP contribution < -0.4 is 11.0 Å². The molecule has 1 heterocycles. The van der Waals surface area contributed by atoms with Crippen molar-refractivity contribution in [1.82, 2.24) is 9.99 Å². The Morgan fingerprint density at radius 1 is 1.38 bits per heavy atom. The summed E-state index contributed by atoms with van der Waals surface area (Å²) in [6, 6.07) is 9.50. The number of phenolic OH excluding ortho intramolecular Hbond substituents is 1. The number of hydrazone groups is 1. The van der Waals surface area contributed by atoms with Crippen LogP contribution in [-0.2, 0) is 11.3 Å². The molecular weight excluding hydrogens is 338 g/mol. The van der Waals surface area contributed by atoms with Crippen molar-refractivity contribution in [3.8, 4) is 5.75 Å². The number of hydrogen-bond donors (Lipinski definition) is 2. The highest BCUT2D eigenvalue weighted by Gasteiger charge is 2.03. The SMILES string of the molecule is O=C(Cn1ccccc1=O)N/N=C/c1cc(Br)ccc1O. The standard InChI is InChI=1S/C14H12BrN3O3/c15-11-4-5-12(19)10(7-11)8-16-17-13(20)9-18-6-2-1-3-14(18)21/h1-8,19H,9H2,(H,17,20)/b16-8+. The summed E-state index contributed by atoms with van der Waals surface area (Å²) >= 11 is 3.27. The number of aromatic nitrogens is 1. The lowest BCUT2D eigenvalue weighted by Gasteiger charge is -2.03. The van der Waals surface area contributed by atoms with Crippen molar-refractivity contribution in [3.05, 3.63) is 63.0 Å². The first-order valence-electron chi connectivity index (χ1n) is 6.02. The van der Waals surface area contributed by atoms with Crippen LogP contribution in [0.5, 0.6) is 5.75 Å². The number of nitrogens with one attached hydrogen (secondary N) is 1. The predicted molar refractivity (Wildman–Crippen MR) is 82.2 cm³/mol. The van der Waals surface area contributed by atoms with Gasteiger partial charge in [-0.05, 0) is 24.3 Å². The topological polar surface area (TPSA) is 83.7 Å². The van der Waals surface area contributed by atoms with Crippen molar-refractivity contribution in [1.29, 1.82) is 0 Å². The van der Waals surface area contributed by atoms with E-state index in [4.69, 9.17) is 0 Å². The van der Waals surface area contributed by atoms with Gasteiger partial charge in [-0.25, -0.2) is 5.43 Å². The van der Waals surface area contributed by atoms with Crippen LogP contribution in [0.1, 0.15) is 5.56 Å². The highest BCUT2D eigenvalue weighted by Crippen LogP contribution is 2.19. The minimum Gasteiger partial charge on any atom is -0.507 e. The summed E-state index contributed by atoms with van der Waals surface area (Å²) < 4.78 is 2.05. The number of pyridine rings is 1. The first-order chi connectivity index (χ1) is 10.1. The molecule has 21 heavy (non-hydrogen) atoms. The number of rotatable bonds is 4. The molecule has 1 aromatic heterocycles. The number of carbonyl (C=O) groups excluding carboxylic acids is 1. The van der Waals surface area contributed by atoms with Crippen LogP contribution in [0.2, 0.25) is 0 Å². The monoisotopic (exact) mass is 349 g/mol. The fourth-order valence-corrected chi connectivity index (χ4v) is 1.96. The van der Waals surface area contributed by atoms with Crippen LogP contribution in [0.4, 0.5) is 0 Å². The first-order valence-corrected chi connectivity index (χ1v) is 6.81. The number of phenols is 1. The van der Waals surface area contributed by atoms with Crippen LogP contribution in [0, 0.1) is 0 Å². The van der Waals surface area contributed by atoms with Crippen LogP contribution in [0.25, 0.3) is 0 Å². The molecule has 1 amide bonds. The fraction of sp³-hybridized carbons (Fsp3) is 0.0714. The quantitative estimate of drug-likeness (QED) is 0.647. The average Bonchev–Trinajstić information content (AvgIpc) is 2.45. The summed E-state index contributed by atoms with van der Waals surface area (Å²) in [5.41, 5.74) is 2.49. The summed E-state index contributed by atoms with van der Waals surface area (Å²) in [6.45, 7) is -0.124. The minimum absolute atomic E-state index is 0.0514. The maximum absolute atomic E-state index is 11.7. The molecule has 6 nitrogen and oxygen atoms in total. The van der Waals surface area contributed by atoms with Gasteiger partial charge in [-0.2, -0.15) is 5.10 Å². The highest BCUT2D eigenvalue weighted by atomic mass is 79.9. The molecule has 2 N–H and O–H groups in total. The number of aromatic hydroxyl groups is 1. The zero-order valence-electron chi connectivity index (χ0n) is 10.9. The zero-order valence-corrected chi connectivity index (χ0v) is 12.4. The van der Waals surface area contributed by atoms with Crippen molar-refractivity contribution in [2.45, 2.75) is 6.54 Å². The molecule has 0 aliphatic heterocycles. The van der Waals surface area contributed by atoms with Crippen LogP contribution in [0.3, 0.4) is 0 Å². The summed E-state index contributed by atoms with van der Waals surface area (Å²) in [7, 11) is 0. The summed E-state index contributed by atoms with van der Waals surface area (Å²) in [6.07, 6.45) is 2.84. The molecule has 0 saturated carbocycles. The second-order valence-electron chi connectivity index (χ2n) is 4.16. The third-order valence-corrected chi connectivity index (χ3v) is 3.09. The number of benzene rings is 1. The molecule has 108 valence electrons. The van der Waals surface area contributed by atoms with Crippen LogP contribution >= 0.6 is 15.9 Å². The molecule has 0 fully saturated rings. The molecule has 7 heteroatoms. The number of carbonyl (C=O) groups is 1. The number of nitrogens with zero attached hydrogens (tertiary/aromatic N) is 2. The maximum atomic E-state index is 11.7. The lowest BCUT2D eigenvalue weighted by molar-refractivity contribution is -0.121. The molecule has 0 aliphatic rings. The Bertz CT molecular complexity index is 740. The van der Waals surface area contributed by atoms with Crippen molar-refractivity contribution < 1.29 is 9.90 Å². The van der Waals surface area contributed by atoms with E-state index in [1.807, 2.05) is 0 Å². The van der Waals surface area contributed by atoms with E-state index >= 15 is 0 Å². The van der Waals surface area contributed by atoms with E-state index in [2.05, 4.69) is 26.5 Å². The normalized spacial score (nSPS) is 10.7. The molecule has 0 spiro atoms. The molecule has 0 unspecified atom stereocenters. The van der Waals surface area contributed by atoms with Crippen molar-refractivity contribution >= 4 is 28.1 Å². The van der Waals surface area contributed by atoms with E-state index in [0.717, 1.165) is 4.47 Å². The number of amides is 1. The van der Waals surface area contributed by atoms with E-state index in [9.17, 15) is 14.7 Å².